The molecule has 0 aliphatic carbocycles. The molecular weight excluding hydrogens is 322 g/mol. The molecule has 1 N–H and O–H groups in total. The average molecular weight is 342 g/mol. The lowest BCUT2D eigenvalue weighted by Crippen LogP contribution is -2.17. The number of nitrogens with one attached hydrogen (secondary N) is 1. The first kappa shape index (κ1) is 16.6. The largest absolute Gasteiger partial charge is 0.495 e. The molecule has 3 aromatic rings. The summed E-state index contributed by atoms with van der Waals surface area (Å²) in [5.74, 6) is 2.34. The fraction of sp³-hybridized carbons (Fsp3) is 0.200. The molecule has 0 fully saturated rings. The summed E-state index contributed by atoms with van der Waals surface area (Å²) in [5.41, 5.74) is 2.19. The van der Waals surface area contributed by atoms with Crippen LogP contribution in [-0.2, 0) is 6.54 Å². The second-order valence-corrected chi connectivity index (χ2v) is 6.04. The van der Waals surface area contributed by atoms with E-state index in [9.17, 15) is 0 Å². The van der Waals surface area contributed by atoms with E-state index in [2.05, 4.69) is 24.4 Å². The summed E-state index contributed by atoms with van der Waals surface area (Å²) in [6.07, 6.45) is 0. The number of benzene rings is 2. The highest BCUT2D eigenvalue weighted by Gasteiger charge is 2.09. The van der Waals surface area contributed by atoms with Crippen LogP contribution in [0.5, 0.6) is 5.75 Å². The molecule has 124 valence electrons. The Labute approximate surface area is 147 Å². The maximum absolute atomic E-state index is 6.18. The van der Waals surface area contributed by atoms with Gasteiger partial charge >= 0.3 is 0 Å². The van der Waals surface area contributed by atoms with Gasteiger partial charge in [0, 0.05) is 11.6 Å². The fourth-order valence-electron chi connectivity index (χ4n) is 2.56. The zero-order valence-electron chi connectivity index (χ0n) is 13.8. The molecule has 1 atom stereocenters. The van der Waals surface area contributed by atoms with Crippen molar-refractivity contribution in [3.63, 3.8) is 0 Å². The van der Waals surface area contributed by atoms with Gasteiger partial charge in [0.25, 0.3) is 0 Å². The van der Waals surface area contributed by atoms with E-state index in [0.29, 0.717) is 17.3 Å². The highest BCUT2D eigenvalue weighted by atomic mass is 35.5. The molecule has 2 aromatic carbocycles. The van der Waals surface area contributed by atoms with Crippen LogP contribution in [0.4, 0.5) is 0 Å². The van der Waals surface area contributed by atoms with Gasteiger partial charge in [0.1, 0.15) is 17.3 Å². The molecule has 24 heavy (non-hydrogen) atoms. The molecule has 1 heterocycles. The smallest absolute Gasteiger partial charge is 0.137 e. The minimum atomic E-state index is 0.259. The molecule has 0 unspecified atom stereocenters. The van der Waals surface area contributed by atoms with E-state index in [4.69, 9.17) is 20.8 Å². The number of hydrogen-bond donors (Lipinski definition) is 1. The second-order valence-electron chi connectivity index (χ2n) is 5.63. The highest BCUT2D eigenvalue weighted by molar-refractivity contribution is 6.32. The molecule has 0 amide bonds. The Morgan fingerprint density at radius 3 is 2.58 bits per heavy atom. The van der Waals surface area contributed by atoms with Gasteiger partial charge in [-0.3, -0.25) is 0 Å². The third-order valence-corrected chi connectivity index (χ3v) is 4.28. The van der Waals surface area contributed by atoms with Crippen molar-refractivity contribution in [3.05, 3.63) is 77.0 Å². The third-order valence-electron chi connectivity index (χ3n) is 3.98. The maximum Gasteiger partial charge on any atom is 0.137 e. The Balaban J connectivity index is 1.66. The van der Waals surface area contributed by atoms with E-state index in [-0.39, 0.29) is 6.04 Å². The van der Waals surface area contributed by atoms with Crippen LogP contribution in [0.25, 0.3) is 11.3 Å². The number of rotatable bonds is 6. The van der Waals surface area contributed by atoms with Crippen LogP contribution in [0.15, 0.2) is 65.1 Å². The van der Waals surface area contributed by atoms with Gasteiger partial charge in [-0.25, -0.2) is 0 Å². The first-order chi connectivity index (χ1) is 11.7. The van der Waals surface area contributed by atoms with Gasteiger partial charge in [-0.05, 0) is 42.8 Å². The molecule has 3 rings (SSSR count). The molecule has 0 radical (unpaired) electrons. The van der Waals surface area contributed by atoms with Crippen LogP contribution in [0.2, 0.25) is 5.02 Å². The predicted octanol–water partition coefficient (Wildman–Crippen LogP) is 5.46. The van der Waals surface area contributed by atoms with Crippen molar-refractivity contribution in [2.45, 2.75) is 19.5 Å². The molecule has 0 spiro atoms. The molecule has 0 saturated carbocycles. The lowest BCUT2D eigenvalue weighted by molar-refractivity contribution is 0.415. The van der Waals surface area contributed by atoms with Crippen LogP contribution < -0.4 is 10.1 Å². The summed E-state index contributed by atoms with van der Waals surface area (Å²) in [5, 5.41) is 4.04. The molecule has 0 aliphatic heterocycles. The number of methoxy groups -OCH3 is 1. The van der Waals surface area contributed by atoms with Crippen LogP contribution >= 0.6 is 11.6 Å². The first-order valence-corrected chi connectivity index (χ1v) is 8.26. The standard InChI is InChI=1S/C20H20ClNO2/c1-14(15-6-4-3-5-7-15)22-13-17-9-11-19(24-17)16-8-10-20(23-2)18(21)12-16/h3-12,14,22H,13H2,1-2H3/t14-/m0/s1. The van der Waals surface area contributed by atoms with Gasteiger partial charge in [0.2, 0.25) is 0 Å². The highest BCUT2D eigenvalue weighted by Crippen LogP contribution is 2.31. The Hall–Kier alpha value is -2.23. The van der Waals surface area contributed by atoms with Gasteiger partial charge < -0.3 is 14.5 Å². The van der Waals surface area contributed by atoms with E-state index in [0.717, 1.165) is 17.1 Å². The molecule has 0 saturated heterocycles. The zero-order chi connectivity index (χ0) is 16.9. The lowest BCUT2D eigenvalue weighted by Gasteiger charge is -2.13. The van der Waals surface area contributed by atoms with Crippen molar-refractivity contribution in [3.8, 4) is 17.1 Å². The molecule has 0 aliphatic rings. The fourth-order valence-corrected chi connectivity index (χ4v) is 2.82. The van der Waals surface area contributed by atoms with Crippen LogP contribution in [-0.4, -0.2) is 7.11 Å². The summed E-state index contributed by atoms with van der Waals surface area (Å²) < 4.78 is 11.1. The minimum Gasteiger partial charge on any atom is -0.495 e. The Morgan fingerprint density at radius 2 is 1.88 bits per heavy atom. The van der Waals surface area contributed by atoms with Crippen molar-refractivity contribution < 1.29 is 9.15 Å². The van der Waals surface area contributed by atoms with Gasteiger partial charge in [0.15, 0.2) is 0 Å². The van der Waals surface area contributed by atoms with Crippen LogP contribution in [0.1, 0.15) is 24.3 Å². The molecule has 1 aromatic heterocycles. The first-order valence-electron chi connectivity index (χ1n) is 7.88. The lowest BCUT2D eigenvalue weighted by atomic mass is 10.1. The van der Waals surface area contributed by atoms with E-state index < -0.39 is 0 Å². The third kappa shape index (κ3) is 3.81. The van der Waals surface area contributed by atoms with E-state index in [1.54, 1.807) is 7.11 Å². The summed E-state index contributed by atoms with van der Waals surface area (Å²) in [6.45, 7) is 2.81. The van der Waals surface area contributed by atoms with Crippen molar-refractivity contribution in [1.82, 2.24) is 5.32 Å². The predicted molar refractivity (Wildman–Crippen MR) is 97.4 cm³/mol. The van der Waals surface area contributed by atoms with Crippen molar-refractivity contribution in [2.24, 2.45) is 0 Å². The molecule has 3 nitrogen and oxygen atoms in total. The SMILES string of the molecule is COc1ccc(-c2ccc(CN[C@@H](C)c3ccccc3)o2)cc1Cl. The van der Waals surface area contributed by atoms with E-state index >= 15 is 0 Å². The minimum absolute atomic E-state index is 0.259. The Morgan fingerprint density at radius 1 is 1.08 bits per heavy atom. The summed E-state index contributed by atoms with van der Waals surface area (Å²) >= 11 is 6.18. The molecule has 4 heteroatoms. The van der Waals surface area contributed by atoms with Crippen molar-refractivity contribution in [1.29, 1.82) is 0 Å². The van der Waals surface area contributed by atoms with Crippen LogP contribution in [0.3, 0.4) is 0 Å². The zero-order valence-corrected chi connectivity index (χ0v) is 14.5. The molecule has 0 bridgehead atoms. The van der Waals surface area contributed by atoms with Crippen LogP contribution in [0, 0.1) is 0 Å². The maximum atomic E-state index is 6.18. The number of furan rings is 1. The number of hydrogen-bond acceptors (Lipinski definition) is 3. The molecular formula is C20H20ClNO2. The summed E-state index contributed by atoms with van der Waals surface area (Å²) in [6, 6.07) is 20.2. The topological polar surface area (TPSA) is 34.4 Å². The van der Waals surface area contributed by atoms with Gasteiger partial charge in [-0.1, -0.05) is 41.9 Å². The van der Waals surface area contributed by atoms with Crippen molar-refractivity contribution in [2.75, 3.05) is 7.11 Å². The Bertz CT molecular complexity index is 798. The van der Waals surface area contributed by atoms with E-state index in [1.165, 1.54) is 5.56 Å². The van der Waals surface area contributed by atoms with Gasteiger partial charge in [-0.15, -0.1) is 0 Å². The van der Waals surface area contributed by atoms with Crippen molar-refractivity contribution >= 4 is 11.6 Å². The second kappa shape index (κ2) is 7.56. The van der Waals surface area contributed by atoms with E-state index in [1.807, 2.05) is 48.5 Å². The van der Waals surface area contributed by atoms with Gasteiger partial charge in [-0.2, -0.15) is 0 Å². The summed E-state index contributed by atoms with van der Waals surface area (Å²) in [7, 11) is 1.60. The normalized spacial score (nSPS) is 12.1. The summed E-state index contributed by atoms with van der Waals surface area (Å²) in [4.78, 5) is 0. The number of ether oxygens (including phenoxy) is 1. The quantitative estimate of drug-likeness (QED) is 0.646. The average Bonchev–Trinajstić information content (AvgIpc) is 3.09. The Kier molecular flexibility index (Phi) is 5.24. The number of halogens is 1. The monoisotopic (exact) mass is 341 g/mol. The van der Waals surface area contributed by atoms with Gasteiger partial charge in [0.05, 0.1) is 18.7 Å².